The molecule has 0 radical (unpaired) electrons. The topological polar surface area (TPSA) is 124 Å². The standard InChI is InChI=1S/H4O7P2/c1-8(2,3)7-9(4,5)6/h(H2,1,2,3)(H2,4,5,6)/i8+1,9+1. The van der Waals surface area contributed by atoms with Crippen molar-refractivity contribution in [3.63, 3.8) is 0 Å². The van der Waals surface area contributed by atoms with Gasteiger partial charge in [0.05, 0.1) is 0 Å². The molecule has 0 saturated heterocycles. The molecule has 0 saturated carbocycles. The molecule has 0 bridgehead atoms. The van der Waals surface area contributed by atoms with Crippen molar-refractivity contribution in [3.8, 4) is 0 Å². The Labute approximate surface area is 49.8 Å². The van der Waals surface area contributed by atoms with E-state index < -0.39 is 15.6 Å². The first-order chi connectivity index (χ1) is 3.71. The zero-order chi connectivity index (χ0) is 7.71. The first-order valence-corrected chi connectivity index (χ1v) is 4.59. The molecule has 56 valence electrons. The lowest BCUT2D eigenvalue weighted by atomic mass is 15.7. The van der Waals surface area contributed by atoms with Crippen LogP contribution in [-0.4, -0.2) is 19.6 Å². The molecule has 9 heteroatoms. The van der Waals surface area contributed by atoms with Crippen LogP contribution in [0, 0.1) is 0 Å². The van der Waals surface area contributed by atoms with Crippen LogP contribution in [0.4, 0.5) is 0 Å². The molecule has 0 aliphatic carbocycles. The van der Waals surface area contributed by atoms with Gasteiger partial charge < -0.3 is 19.6 Å². The van der Waals surface area contributed by atoms with Gasteiger partial charge in [-0.1, -0.05) is 0 Å². The van der Waals surface area contributed by atoms with Gasteiger partial charge in [-0.25, -0.2) is 9.13 Å². The molecule has 0 heterocycles. The second-order valence-electron chi connectivity index (χ2n) is 1.06. The van der Waals surface area contributed by atoms with Crippen LogP contribution in [0.15, 0.2) is 0 Å². The summed E-state index contributed by atoms with van der Waals surface area (Å²) in [4.78, 5) is 31.0. The maximum Gasteiger partial charge on any atom is 0.478 e. The smallest absolute Gasteiger partial charge is 0.302 e. The van der Waals surface area contributed by atoms with Gasteiger partial charge in [-0.3, -0.25) is 0 Å². The molecule has 0 aliphatic rings. The Morgan fingerprint density at radius 1 is 0.889 bits per heavy atom. The van der Waals surface area contributed by atoms with Crippen molar-refractivity contribution in [1.82, 2.24) is 0 Å². The molecule has 0 atom stereocenters. The SMILES string of the molecule is O=[32P](O)(O)O[32P](=O)(O)O. The third-order valence-electron chi connectivity index (χ3n) is 0.213. The zero-order valence-electron chi connectivity index (χ0n) is 3.91. The highest BCUT2D eigenvalue weighted by molar-refractivity contribution is 7.60. The maximum atomic E-state index is 9.63. The predicted octanol–water partition coefficient (Wildman–Crippen LogP) is -0.812. The van der Waals surface area contributed by atoms with Gasteiger partial charge in [-0.15, -0.1) is 0 Å². The van der Waals surface area contributed by atoms with Gasteiger partial charge in [0.2, 0.25) is 0 Å². The molecule has 0 aromatic carbocycles. The summed E-state index contributed by atoms with van der Waals surface area (Å²) in [5.74, 6) is 0. The van der Waals surface area contributed by atoms with Crippen molar-refractivity contribution in [3.05, 3.63) is 0 Å². The van der Waals surface area contributed by atoms with Crippen LogP contribution in [0.25, 0.3) is 0 Å². The van der Waals surface area contributed by atoms with Crippen LogP contribution in [0.2, 0.25) is 0 Å². The minimum absolute atomic E-state index is 2.96. The van der Waals surface area contributed by atoms with Crippen molar-refractivity contribution in [2.75, 3.05) is 0 Å². The van der Waals surface area contributed by atoms with Crippen LogP contribution >= 0.6 is 15.6 Å². The second-order valence-corrected chi connectivity index (χ2v) is 3.68. The first kappa shape index (κ1) is 9.26. The zero-order valence-corrected chi connectivity index (χ0v) is 5.70. The molecule has 7 nitrogen and oxygen atoms in total. The Morgan fingerprint density at radius 3 is 1.11 bits per heavy atom. The summed E-state index contributed by atoms with van der Waals surface area (Å²) in [7, 11) is -10.1. The molecule has 0 unspecified atom stereocenters. The van der Waals surface area contributed by atoms with Crippen LogP contribution in [0.3, 0.4) is 0 Å². The van der Waals surface area contributed by atoms with Gasteiger partial charge in [-0.2, -0.15) is 4.31 Å². The van der Waals surface area contributed by atoms with E-state index in [0.29, 0.717) is 0 Å². The number of hydrogen-bond donors (Lipinski definition) is 4. The lowest BCUT2D eigenvalue weighted by Gasteiger charge is -2.03. The van der Waals surface area contributed by atoms with E-state index >= 15 is 0 Å². The highest BCUT2D eigenvalue weighted by Gasteiger charge is 2.27. The summed E-state index contributed by atoms with van der Waals surface area (Å²) in [5, 5.41) is 0. The van der Waals surface area contributed by atoms with Crippen molar-refractivity contribution in [2.24, 2.45) is 0 Å². The van der Waals surface area contributed by atoms with Gasteiger partial charge in [0.1, 0.15) is 0 Å². The van der Waals surface area contributed by atoms with E-state index in [9.17, 15) is 9.13 Å². The van der Waals surface area contributed by atoms with Crippen LogP contribution < -0.4 is 0 Å². The van der Waals surface area contributed by atoms with E-state index in [0.717, 1.165) is 0 Å². The molecule has 0 aliphatic heterocycles. The van der Waals surface area contributed by atoms with Gasteiger partial charge in [-0.05, 0) is 0 Å². The molecule has 0 spiro atoms. The van der Waals surface area contributed by atoms with E-state index in [2.05, 4.69) is 4.31 Å². The second kappa shape index (κ2) is 2.48. The maximum absolute atomic E-state index is 9.63. The molecule has 0 amide bonds. The largest absolute Gasteiger partial charge is 0.478 e. The predicted molar refractivity (Wildman–Crippen MR) is 25.2 cm³/mol. The fourth-order valence-corrected chi connectivity index (χ4v) is 1.25. The molecule has 9 heavy (non-hydrogen) atoms. The average Bonchev–Trinajstić information content (AvgIpc) is 1.14. The third-order valence-corrected chi connectivity index (χ3v) is 1.91. The Balaban J connectivity index is 4.07. The lowest BCUT2D eigenvalue weighted by Crippen LogP contribution is -1.84. The Morgan fingerprint density at radius 2 is 1.11 bits per heavy atom. The van der Waals surface area contributed by atoms with Gasteiger partial charge in [0.15, 0.2) is 0 Å². The van der Waals surface area contributed by atoms with E-state index in [1.54, 1.807) is 0 Å². The summed E-state index contributed by atoms with van der Waals surface area (Å²) in [6.45, 7) is 0. The van der Waals surface area contributed by atoms with Crippen LogP contribution in [0.5, 0.6) is 0 Å². The van der Waals surface area contributed by atoms with E-state index in [4.69, 9.17) is 19.6 Å². The Bertz CT molecular complexity index is 147. The third kappa shape index (κ3) is 8.26. The molecule has 0 fully saturated rings. The van der Waals surface area contributed by atoms with Crippen molar-refractivity contribution in [1.29, 1.82) is 0 Å². The van der Waals surface area contributed by atoms with Crippen LogP contribution in [0.1, 0.15) is 0 Å². The molecule has 0 aromatic rings. The summed E-state index contributed by atoms with van der Waals surface area (Å²) in [6, 6.07) is 0. The highest BCUT2D eigenvalue weighted by Crippen LogP contribution is 2.53. The Kier molecular flexibility index (Phi) is 2.55. The molecule has 4 N–H and O–H groups in total. The Hall–Kier alpha value is 0.260. The highest BCUT2D eigenvalue weighted by atomic mass is 32.3. The summed E-state index contributed by atoms with van der Waals surface area (Å²) >= 11 is 0. The summed E-state index contributed by atoms with van der Waals surface area (Å²) in [6.07, 6.45) is 0. The van der Waals surface area contributed by atoms with E-state index in [-0.39, 0.29) is 0 Å². The summed E-state index contributed by atoms with van der Waals surface area (Å²) < 4.78 is 22.2. The van der Waals surface area contributed by atoms with Crippen molar-refractivity contribution in [2.45, 2.75) is 0 Å². The lowest BCUT2D eigenvalue weighted by molar-refractivity contribution is 0.225. The van der Waals surface area contributed by atoms with Crippen molar-refractivity contribution < 1.29 is 33.0 Å². The first-order valence-electron chi connectivity index (χ1n) is 1.53. The number of phosphoric acid groups is 2. The molecular formula is H4O7P2. The molecular weight excluding hydrogens is 176 g/mol. The fourth-order valence-electron chi connectivity index (χ4n) is 0.139. The fraction of sp³-hybridized carbons (Fsp3) is 0. The minimum Gasteiger partial charge on any atom is -0.302 e. The van der Waals surface area contributed by atoms with E-state index in [1.807, 2.05) is 0 Å². The summed E-state index contributed by atoms with van der Waals surface area (Å²) in [5.41, 5.74) is 0. The van der Waals surface area contributed by atoms with E-state index in [1.165, 1.54) is 0 Å². The monoisotopic (exact) mass is 180 g/mol. The molecule has 0 aromatic heterocycles. The quantitative estimate of drug-likeness (QED) is 0.409. The van der Waals surface area contributed by atoms with Gasteiger partial charge in [0.25, 0.3) is 0 Å². The van der Waals surface area contributed by atoms with Crippen molar-refractivity contribution >= 4 is 15.6 Å². The minimum atomic E-state index is -5.05. The normalized spacial score (nSPS) is 13.8. The number of hydrogen-bond acceptors (Lipinski definition) is 3. The van der Waals surface area contributed by atoms with Gasteiger partial charge >= 0.3 is 15.6 Å². The molecule has 0 rings (SSSR count). The van der Waals surface area contributed by atoms with Gasteiger partial charge in [0, 0.05) is 0 Å². The van der Waals surface area contributed by atoms with Crippen LogP contribution in [-0.2, 0) is 13.4 Å². The number of rotatable bonds is 2. The average molecular weight is 180 g/mol.